The summed E-state index contributed by atoms with van der Waals surface area (Å²) in [5.41, 5.74) is 1.70. The highest BCUT2D eigenvalue weighted by Crippen LogP contribution is 2.18. The van der Waals surface area contributed by atoms with Crippen molar-refractivity contribution >= 4 is 11.6 Å². The first-order valence-electron chi connectivity index (χ1n) is 9.31. The third-order valence-corrected chi connectivity index (χ3v) is 5.21. The topological polar surface area (TPSA) is 36.8 Å². The second-order valence-corrected chi connectivity index (χ2v) is 7.21. The summed E-state index contributed by atoms with van der Waals surface area (Å²) in [6.07, 6.45) is 2.30. The first kappa shape index (κ1) is 19.3. The largest absolute Gasteiger partial charge is 0.378 e. The minimum atomic E-state index is -0.840. The van der Waals surface area contributed by atoms with Gasteiger partial charge in [-0.2, -0.15) is 0 Å². The monoisotopic (exact) mass is 374 g/mol. The first-order chi connectivity index (χ1) is 13.0. The quantitative estimate of drug-likeness (QED) is 0.813. The molecule has 2 aromatic carbocycles. The normalized spacial score (nSPS) is 15.6. The van der Waals surface area contributed by atoms with E-state index in [0.29, 0.717) is 6.54 Å². The number of rotatable bonds is 6. The maximum absolute atomic E-state index is 13.9. The van der Waals surface area contributed by atoms with Gasteiger partial charge in [-0.05, 0) is 24.3 Å². The van der Waals surface area contributed by atoms with E-state index in [1.807, 2.05) is 19.0 Å². The van der Waals surface area contributed by atoms with Crippen LogP contribution in [0, 0.1) is 11.6 Å². The molecule has 0 aromatic heterocycles. The molecule has 4 nitrogen and oxygen atoms in total. The van der Waals surface area contributed by atoms with Crippen molar-refractivity contribution in [3.63, 3.8) is 0 Å². The lowest BCUT2D eigenvalue weighted by Crippen LogP contribution is -3.11. The Morgan fingerprint density at radius 2 is 1.67 bits per heavy atom. The van der Waals surface area contributed by atoms with E-state index in [4.69, 9.17) is 0 Å². The van der Waals surface area contributed by atoms with Crippen LogP contribution in [-0.4, -0.2) is 39.6 Å². The first-order valence-corrected chi connectivity index (χ1v) is 9.31. The van der Waals surface area contributed by atoms with Gasteiger partial charge in [-0.1, -0.05) is 18.2 Å². The summed E-state index contributed by atoms with van der Waals surface area (Å²) in [7, 11) is 3.97. The Labute approximate surface area is 158 Å². The number of hydrogen-bond donors (Lipinski definition) is 2. The van der Waals surface area contributed by atoms with Crippen molar-refractivity contribution in [2.45, 2.75) is 18.9 Å². The number of quaternary nitrogens is 1. The molecule has 0 unspecified atom stereocenters. The van der Waals surface area contributed by atoms with Crippen molar-refractivity contribution in [1.29, 1.82) is 0 Å². The van der Waals surface area contributed by atoms with E-state index in [-0.39, 0.29) is 6.04 Å². The molecular weight excluding hydrogens is 348 g/mol. The van der Waals surface area contributed by atoms with Crippen molar-refractivity contribution in [3.8, 4) is 0 Å². The van der Waals surface area contributed by atoms with Gasteiger partial charge in [-0.15, -0.1) is 0 Å². The maximum Gasteiger partial charge on any atom is 0.257 e. The molecule has 0 spiro atoms. The van der Waals surface area contributed by atoms with E-state index < -0.39 is 23.1 Å². The number of benzene rings is 2. The Bertz CT molecular complexity index is 766. The number of carbonyl (C=O) groups excluding carboxylic acids is 1. The molecule has 0 bridgehead atoms. The second kappa shape index (κ2) is 8.48. The van der Waals surface area contributed by atoms with Gasteiger partial charge in [-0.25, -0.2) is 8.78 Å². The summed E-state index contributed by atoms with van der Waals surface area (Å²) in [4.78, 5) is 15.8. The van der Waals surface area contributed by atoms with Gasteiger partial charge in [0.15, 0.2) is 0 Å². The van der Waals surface area contributed by atoms with Crippen LogP contribution in [0.2, 0.25) is 0 Å². The van der Waals surface area contributed by atoms with Crippen molar-refractivity contribution < 1.29 is 18.5 Å². The molecular formula is C21H26F2N3O+. The van der Waals surface area contributed by atoms with E-state index in [1.165, 1.54) is 11.0 Å². The molecule has 1 saturated heterocycles. The van der Waals surface area contributed by atoms with Crippen molar-refractivity contribution in [2.24, 2.45) is 0 Å². The molecule has 6 heteroatoms. The van der Waals surface area contributed by atoms with Gasteiger partial charge in [0.2, 0.25) is 0 Å². The zero-order chi connectivity index (χ0) is 19.4. The fourth-order valence-corrected chi connectivity index (χ4v) is 3.68. The highest BCUT2D eigenvalue weighted by molar-refractivity contribution is 5.94. The van der Waals surface area contributed by atoms with Crippen LogP contribution in [0.1, 0.15) is 34.8 Å². The zero-order valence-electron chi connectivity index (χ0n) is 15.8. The number of anilines is 1. The molecule has 2 N–H and O–H groups in total. The minimum absolute atomic E-state index is 0.0579. The van der Waals surface area contributed by atoms with Crippen molar-refractivity contribution in [1.82, 2.24) is 5.32 Å². The van der Waals surface area contributed by atoms with Crippen LogP contribution in [0.5, 0.6) is 0 Å². The summed E-state index contributed by atoms with van der Waals surface area (Å²) in [5, 5.41) is 2.74. The molecule has 3 rings (SSSR count). The zero-order valence-corrected chi connectivity index (χ0v) is 15.8. The molecule has 1 aliphatic heterocycles. The van der Waals surface area contributed by atoms with Crippen LogP contribution in [0.25, 0.3) is 0 Å². The molecule has 1 heterocycles. The van der Waals surface area contributed by atoms with Gasteiger partial charge < -0.3 is 15.1 Å². The SMILES string of the molecule is CN(C)c1ccc([C@H](CNC(=O)c2c(F)cccc2F)[NH+]2CCCC2)cc1. The number of halogens is 2. The molecule has 1 aliphatic rings. The van der Waals surface area contributed by atoms with Gasteiger partial charge in [0.05, 0.1) is 19.6 Å². The minimum Gasteiger partial charge on any atom is -0.378 e. The molecule has 144 valence electrons. The fourth-order valence-electron chi connectivity index (χ4n) is 3.68. The molecule has 1 atom stereocenters. The van der Waals surface area contributed by atoms with Gasteiger partial charge in [-0.3, -0.25) is 4.79 Å². The summed E-state index contributed by atoms with van der Waals surface area (Å²) < 4.78 is 27.7. The number of carbonyl (C=O) groups is 1. The van der Waals surface area contributed by atoms with Gasteiger partial charge >= 0.3 is 0 Å². The maximum atomic E-state index is 13.9. The summed E-state index contributed by atoms with van der Waals surface area (Å²) in [5.74, 6) is -2.39. The molecule has 27 heavy (non-hydrogen) atoms. The third-order valence-electron chi connectivity index (χ3n) is 5.21. The highest BCUT2D eigenvalue weighted by Gasteiger charge is 2.28. The van der Waals surface area contributed by atoms with E-state index in [1.54, 1.807) is 0 Å². The number of nitrogens with one attached hydrogen (secondary N) is 2. The standard InChI is InChI=1S/C21H25F2N3O/c1-25(2)16-10-8-15(9-11-16)19(26-12-3-4-13-26)14-24-21(27)20-17(22)6-5-7-18(20)23/h5-11,19H,3-4,12-14H2,1-2H3,(H,24,27)/p+1/t19-/m0/s1. The predicted molar refractivity (Wildman–Crippen MR) is 102 cm³/mol. The number of amides is 1. The lowest BCUT2D eigenvalue weighted by Gasteiger charge is -2.26. The summed E-state index contributed by atoms with van der Waals surface area (Å²) in [6, 6.07) is 11.8. The predicted octanol–water partition coefficient (Wildman–Crippen LogP) is 2.18. The lowest BCUT2D eigenvalue weighted by molar-refractivity contribution is -0.918. The van der Waals surface area contributed by atoms with Gasteiger partial charge in [0, 0.05) is 38.2 Å². The van der Waals surface area contributed by atoms with Crippen molar-refractivity contribution in [3.05, 3.63) is 65.2 Å². The molecule has 0 aliphatic carbocycles. The number of nitrogens with zero attached hydrogens (tertiary/aromatic N) is 1. The average Bonchev–Trinajstić information content (AvgIpc) is 3.16. The average molecular weight is 374 g/mol. The molecule has 1 amide bonds. The van der Waals surface area contributed by atoms with Gasteiger partial charge in [0.1, 0.15) is 23.2 Å². The molecule has 2 aromatic rings. The van der Waals surface area contributed by atoms with Crippen LogP contribution < -0.4 is 15.1 Å². The highest BCUT2D eigenvalue weighted by atomic mass is 19.1. The van der Waals surface area contributed by atoms with E-state index >= 15 is 0 Å². The third kappa shape index (κ3) is 4.45. The Kier molecular flexibility index (Phi) is 6.06. The van der Waals surface area contributed by atoms with Crippen LogP contribution in [-0.2, 0) is 0 Å². The molecule has 1 fully saturated rings. The van der Waals surface area contributed by atoms with E-state index in [9.17, 15) is 13.6 Å². The number of hydrogen-bond acceptors (Lipinski definition) is 2. The summed E-state index contributed by atoms with van der Waals surface area (Å²) in [6.45, 7) is 2.40. The van der Waals surface area contributed by atoms with Crippen LogP contribution >= 0.6 is 0 Å². The summed E-state index contributed by atoms with van der Waals surface area (Å²) >= 11 is 0. The van der Waals surface area contributed by atoms with E-state index in [2.05, 4.69) is 29.6 Å². The van der Waals surface area contributed by atoms with Crippen molar-refractivity contribution in [2.75, 3.05) is 38.6 Å². The Hall–Kier alpha value is -2.47. The van der Waals surface area contributed by atoms with Gasteiger partial charge in [0.25, 0.3) is 5.91 Å². The van der Waals surface area contributed by atoms with Crippen LogP contribution in [0.3, 0.4) is 0 Å². The Balaban J connectivity index is 1.77. The molecule has 0 saturated carbocycles. The van der Waals surface area contributed by atoms with Crippen LogP contribution in [0.4, 0.5) is 14.5 Å². The lowest BCUT2D eigenvalue weighted by atomic mass is 10.0. The fraction of sp³-hybridized carbons (Fsp3) is 0.381. The second-order valence-electron chi connectivity index (χ2n) is 7.21. The molecule has 0 radical (unpaired) electrons. The Morgan fingerprint density at radius 3 is 2.22 bits per heavy atom. The van der Waals surface area contributed by atoms with Crippen LogP contribution in [0.15, 0.2) is 42.5 Å². The number of likely N-dealkylation sites (tertiary alicyclic amines) is 1. The smallest absolute Gasteiger partial charge is 0.257 e. The Morgan fingerprint density at radius 1 is 1.07 bits per heavy atom. The van der Waals surface area contributed by atoms with E-state index in [0.717, 1.165) is 49.3 Å².